The van der Waals surface area contributed by atoms with Crippen molar-refractivity contribution in [2.24, 2.45) is 28.6 Å². The molecule has 5 rings (SSSR count). The van der Waals surface area contributed by atoms with E-state index in [0.29, 0.717) is 0 Å². The Morgan fingerprint density at radius 1 is 1.23 bits per heavy atom. The largest absolute Gasteiger partial charge is 0.299 e. The minimum atomic E-state index is -3.73. The molecule has 1 aromatic heterocycles. The molecule has 3 unspecified atom stereocenters. The predicted octanol–water partition coefficient (Wildman–Crippen LogP) is 5.61. The van der Waals surface area contributed by atoms with Crippen LogP contribution in [0.2, 0.25) is 0 Å². The Morgan fingerprint density at radius 2 is 2.15 bits per heavy atom. The Balaban J connectivity index is 2.00. The van der Waals surface area contributed by atoms with Crippen LogP contribution in [0, 0.1) is 28.6 Å². The molecule has 0 radical (unpaired) electrons. The van der Waals surface area contributed by atoms with Crippen LogP contribution >= 0.6 is 0 Å². The summed E-state index contributed by atoms with van der Waals surface area (Å²) in [5, 5.41) is 0. The Hall–Kier alpha value is -1.70. The molecule has 1 aromatic rings. The van der Waals surface area contributed by atoms with E-state index in [9.17, 15) is 7.54 Å². The maximum absolute atomic E-state index is 12.7. The molecule has 0 amide bonds. The maximum Gasteiger partial charge on any atom is 0.136 e. The number of Topliss-reactive ketones (excluding diaryl/α,β-unsaturated/α-hetero) is 1. The Morgan fingerprint density at radius 3 is 3.04 bits per heavy atom. The van der Waals surface area contributed by atoms with Crippen LogP contribution in [-0.2, 0) is 4.79 Å². The van der Waals surface area contributed by atoms with Gasteiger partial charge in [-0.05, 0) is 77.7 Å². The van der Waals surface area contributed by atoms with Crippen molar-refractivity contribution in [2.75, 3.05) is 0 Å². The summed E-state index contributed by atoms with van der Waals surface area (Å²) >= 11 is 0. The van der Waals surface area contributed by atoms with Gasteiger partial charge in [0.15, 0.2) is 0 Å². The quantitative estimate of drug-likeness (QED) is 0.604. The minimum absolute atomic E-state index is 0.731. The summed E-state index contributed by atoms with van der Waals surface area (Å²) in [6.45, 7) is -7.22. The second-order valence-electron chi connectivity index (χ2n) is 7.03. The number of hydrogen-bond acceptors (Lipinski definition) is 2. The molecule has 4 aliphatic carbocycles. The van der Waals surface area contributed by atoms with Gasteiger partial charge >= 0.3 is 0 Å². The van der Waals surface area contributed by atoms with Crippen LogP contribution < -0.4 is 0 Å². The molecule has 4 aliphatic rings. The fourth-order valence-electron chi connectivity index (χ4n) is 4.33. The van der Waals surface area contributed by atoms with Gasteiger partial charge in [0.1, 0.15) is 5.78 Å². The maximum atomic E-state index is 12.7. The van der Waals surface area contributed by atoms with Crippen LogP contribution in [0.25, 0.3) is 5.57 Å². The highest BCUT2D eigenvalue weighted by Crippen LogP contribution is 2.66. The van der Waals surface area contributed by atoms with Gasteiger partial charge in [0.25, 0.3) is 0 Å². The number of rotatable bonds is 1. The highest BCUT2D eigenvalue weighted by atomic mass is 16.1. The van der Waals surface area contributed by atoms with Gasteiger partial charge in [-0.2, -0.15) is 0 Å². The number of carbonyl (C=O) groups excluding carboxylic acids is 1. The summed E-state index contributed by atoms with van der Waals surface area (Å²) in [5.74, 6) is -7.78. The van der Waals surface area contributed by atoms with Crippen LogP contribution in [0.4, 0.5) is 0 Å². The molecule has 0 N–H and O–H groups in total. The molecular formula is C24H29NO. The van der Waals surface area contributed by atoms with Crippen molar-refractivity contribution in [1.82, 2.24) is 4.98 Å². The number of fused-ring (bicyclic) bond motifs is 5. The molecule has 5 atom stereocenters. The lowest BCUT2D eigenvalue weighted by atomic mass is 9.47. The van der Waals surface area contributed by atoms with E-state index in [1.807, 2.05) is 0 Å². The van der Waals surface area contributed by atoms with Crippen LogP contribution in [0.15, 0.2) is 42.1 Å². The zero-order chi connectivity index (χ0) is 35.3. The van der Waals surface area contributed by atoms with E-state index in [1.165, 1.54) is 0 Å². The summed E-state index contributed by atoms with van der Waals surface area (Å²) < 4.78 is 175. The molecule has 1 heterocycles. The Labute approximate surface area is 184 Å². The third kappa shape index (κ3) is 2.17. The number of nitrogens with zero attached hydrogens (tertiary/aromatic N) is 1. The smallest absolute Gasteiger partial charge is 0.136 e. The average molecular weight is 368 g/mol. The molecule has 0 aromatic carbocycles. The topological polar surface area (TPSA) is 30.0 Å². The van der Waals surface area contributed by atoms with Gasteiger partial charge in [0.05, 0.1) is 8.22 Å². The number of carbonyl (C=O) groups is 1. The zero-order valence-corrected chi connectivity index (χ0v) is 13.7. The first-order valence-electron chi connectivity index (χ1n) is 18.4. The molecular weight excluding hydrogens is 318 g/mol. The zero-order valence-electron chi connectivity index (χ0n) is 33.7. The molecule has 2 nitrogen and oxygen atoms in total. The summed E-state index contributed by atoms with van der Waals surface area (Å²) in [4.78, 5) is 16.2. The van der Waals surface area contributed by atoms with Gasteiger partial charge in [-0.1, -0.05) is 37.4 Å². The van der Waals surface area contributed by atoms with Crippen molar-refractivity contribution >= 4 is 11.4 Å². The number of aromatic nitrogens is 1. The first-order chi connectivity index (χ1) is 20.5. The lowest BCUT2D eigenvalue weighted by Gasteiger charge is -2.57. The number of ketones is 1. The van der Waals surface area contributed by atoms with Gasteiger partial charge in [0.2, 0.25) is 0 Å². The summed E-state index contributed by atoms with van der Waals surface area (Å²) in [7, 11) is 0. The van der Waals surface area contributed by atoms with Gasteiger partial charge in [0, 0.05) is 44.4 Å². The number of pyridine rings is 1. The van der Waals surface area contributed by atoms with E-state index in [1.54, 1.807) is 0 Å². The first kappa shape index (κ1) is 5.65. The molecule has 0 aliphatic heterocycles. The molecule has 136 valence electrons. The summed E-state index contributed by atoms with van der Waals surface area (Å²) in [6.07, 6.45) is -18.0. The third-order valence-corrected chi connectivity index (χ3v) is 5.68. The van der Waals surface area contributed by atoms with Crippen LogP contribution in [0.5, 0.6) is 0 Å². The van der Waals surface area contributed by atoms with Gasteiger partial charge in [-0.15, -0.1) is 0 Å². The van der Waals surface area contributed by atoms with E-state index in [-0.39, 0.29) is 0 Å². The number of allylic oxidation sites excluding steroid dienone is 4. The summed E-state index contributed by atoms with van der Waals surface area (Å²) in [5.41, 5.74) is -9.02. The van der Waals surface area contributed by atoms with Crippen LogP contribution in [-0.4, -0.2) is 10.8 Å². The molecule has 2 heteroatoms. The van der Waals surface area contributed by atoms with Crippen LogP contribution in [0.3, 0.4) is 0 Å². The van der Waals surface area contributed by atoms with Crippen molar-refractivity contribution < 1.29 is 32.2 Å². The molecule has 2 fully saturated rings. The lowest BCUT2D eigenvalue weighted by Crippen LogP contribution is -2.49. The molecule has 0 bridgehead atoms. The first-order valence-corrected chi connectivity index (χ1v) is 8.40. The monoisotopic (exact) mass is 367 g/mol. The number of hydrogen-bond donors (Lipinski definition) is 0. The van der Waals surface area contributed by atoms with Crippen molar-refractivity contribution in [2.45, 2.75) is 58.5 Å². The van der Waals surface area contributed by atoms with E-state index in [4.69, 9.17) is 24.7 Å². The fourth-order valence-corrected chi connectivity index (χ4v) is 4.33. The minimum Gasteiger partial charge on any atom is -0.299 e. The Bertz CT molecular complexity index is 1620. The van der Waals surface area contributed by atoms with Gasteiger partial charge in [-0.3, -0.25) is 9.78 Å². The standard InChI is InChI=1S/C24H29NO/c1-23-11-9-18(26)14-17(23)5-6-19-21-8-7-20(16-4-3-13-25-15-16)24(21,2)12-10-22(19)23/h3-5,7,13,15,19,21-22H,6,8-12,14H2,1-2H3/t19?,21?,22?,23-,24+/m0/s1/i1D3,2D3,3D,4D,5D,6D2,7D,8D2,11D2,12D2,13D,15D. The van der Waals surface area contributed by atoms with Gasteiger partial charge < -0.3 is 0 Å². The van der Waals surface area contributed by atoms with Crippen molar-refractivity contribution in [3.8, 4) is 0 Å². The highest BCUT2D eigenvalue weighted by Gasteiger charge is 2.56. The molecule has 0 spiro atoms. The molecule has 26 heavy (non-hydrogen) atoms. The predicted molar refractivity (Wildman–Crippen MR) is 104 cm³/mol. The van der Waals surface area contributed by atoms with E-state index < -0.39 is 146 Å². The molecule has 2 saturated carbocycles. The Kier molecular flexibility index (Phi) is 1.23. The van der Waals surface area contributed by atoms with E-state index in [2.05, 4.69) is 4.98 Å². The fraction of sp³-hybridized carbons (Fsp3) is 0.583. The SMILES string of the molecule is [2H]C1=C2CC(=O)CC([2H])([2H])[C@]2(C([2H])([2H])[2H])C2CC([2H])([2H])[C@]3(C([2H])([2H])[2H])C(c4c([2H])nc([2H])c([2H])c4[2H])=C([2H])C([2H])([2H])C3C2C1([2H])[2H]. The molecule has 0 saturated heterocycles. The van der Waals surface area contributed by atoms with Gasteiger partial charge in [-0.25, -0.2) is 0 Å². The second kappa shape index (κ2) is 5.65. The van der Waals surface area contributed by atoms with Crippen LogP contribution in [0.1, 0.15) is 91.4 Å². The normalized spacial score (nSPS) is 62.3. The van der Waals surface area contributed by atoms with Crippen molar-refractivity contribution in [3.63, 3.8) is 0 Å². The third-order valence-electron chi connectivity index (χ3n) is 5.68. The van der Waals surface area contributed by atoms with E-state index >= 15 is 0 Å². The van der Waals surface area contributed by atoms with Crippen molar-refractivity contribution in [1.29, 1.82) is 0 Å². The average Bonchev–Trinajstić information content (AvgIpc) is 3.03. The van der Waals surface area contributed by atoms with E-state index in [0.717, 1.165) is 0 Å². The lowest BCUT2D eigenvalue weighted by molar-refractivity contribution is -0.122. The summed E-state index contributed by atoms with van der Waals surface area (Å²) in [6, 6.07) is -4.43. The van der Waals surface area contributed by atoms with Crippen molar-refractivity contribution in [3.05, 3.63) is 47.7 Å². The highest BCUT2D eigenvalue weighted by molar-refractivity contribution is 5.82. The second-order valence-corrected chi connectivity index (χ2v) is 7.03.